The van der Waals surface area contributed by atoms with Crippen LogP contribution in [-0.4, -0.2) is 66.0 Å². The van der Waals surface area contributed by atoms with E-state index in [-0.39, 0.29) is 28.7 Å². The van der Waals surface area contributed by atoms with Crippen molar-refractivity contribution in [2.75, 3.05) is 43.4 Å². The molecule has 1 aliphatic carbocycles. The molecule has 2 N–H and O–H groups in total. The summed E-state index contributed by atoms with van der Waals surface area (Å²) in [7, 11) is 1.68. The van der Waals surface area contributed by atoms with Gasteiger partial charge in [0.2, 0.25) is 17.8 Å². The van der Waals surface area contributed by atoms with Crippen molar-refractivity contribution in [3.8, 4) is 0 Å². The van der Waals surface area contributed by atoms with Crippen molar-refractivity contribution >= 4 is 23.6 Å². The van der Waals surface area contributed by atoms with Crippen molar-refractivity contribution in [3.63, 3.8) is 0 Å². The molecule has 38 heavy (non-hydrogen) atoms. The van der Waals surface area contributed by atoms with Crippen LogP contribution >= 0.6 is 0 Å². The highest BCUT2D eigenvalue weighted by molar-refractivity contribution is 5.87. The van der Waals surface area contributed by atoms with Crippen LogP contribution in [0.1, 0.15) is 49.9 Å². The maximum Gasteiger partial charge on any atom is 0.245 e. The van der Waals surface area contributed by atoms with E-state index in [4.69, 9.17) is 9.97 Å². The molecule has 2 fully saturated rings. The minimum Gasteiger partial charge on any atom is -0.366 e. The molecule has 2 saturated heterocycles. The predicted molar refractivity (Wildman–Crippen MR) is 150 cm³/mol. The lowest BCUT2D eigenvalue weighted by molar-refractivity contribution is -0.136. The minimum atomic E-state index is -0.0887. The largest absolute Gasteiger partial charge is 0.366 e. The normalized spacial score (nSPS) is 19.9. The molecule has 2 aromatic rings. The molecule has 1 atom stereocenters. The Hall–Kier alpha value is -3.42. The number of benzene rings is 1. The first kappa shape index (κ1) is 26.2. The van der Waals surface area contributed by atoms with Crippen molar-refractivity contribution in [1.29, 1.82) is 0 Å². The van der Waals surface area contributed by atoms with Gasteiger partial charge in [0, 0.05) is 56.7 Å². The number of rotatable bonds is 8. The SMILES string of the molecule is C=CC(=O)N1CC2(CCN(c3nc4c(c(NC(CC(=O)NC)Cc5ccccc5)n3)CCC(C)(C)C4)C2)C1. The van der Waals surface area contributed by atoms with E-state index in [9.17, 15) is 9.59 Å². The Morgan fingerprint density at radius 2 is 1.89 bits per heavy atom. The van der Waals surface area contributed by atoms with E-state index in [1.165, 1.54) is 17.2 Å². The quantitative estimate of drug-likeness (QED) is 0.523. The first-order valence-electron chi connectivity index (χ1n) is 13.8. The Labute approximate surface area is 225 Å². The van der Waals surface area contributed by atoms with Crippen LogP contribution in [0.3, 0.4) is 0 Å². The molecule has 0 saturated carbocycles. The molecular weight excluding hydrogens is 476 g/mol. The number of fused-ring (bicyclic) bond motifs is 1. The summed E-state index contributed by atoms with van der Waals surface area (Å²) in [6.45, 7) is 11.5. The topological polar surface area (TPSA) is 90.5 Å². The molecule has 3 aliphatic rings. The van der Waals surface area contributed by atoms with Crippen LogP contribution in [0.5, 0.6) is 0 Å². The van der Waals surface area contributed by atoms with Gasteiger partial charge in [-0.3, -0.25) is 9.59 Å². The van der Waals surface area contributed by atoms with Gasteiger partial charge < -0.3 is 20.4 Å². The van der Waals surface area contributed by atoms with E-state index in [2.05, 4.69) is 48.1 Å². The summed E-state index contributed by atoms with van der Waals surface area (Å²) in [6.07, 6.45) is 6.43. The summed E-state index contributed by atoms with van der Waals surface area (Å²) in [5.41, 5.74) is 3.78. The zero-order chi connectivity index (χ0) is 26.9. The number of hydrogen-bond acceptors (Lipinski definition) is 6. The Balaban J connectivity index is 1.42. The Bertz CT molecular complexity index is 1200. The number of carbonyl (C=O) groups excluding carboxylic acids is 2. The second-order valence-corrected chi connectivity index (χ2v) is 12.1. The molecule has 0 radical (unpaired) electrons. The fraction of sp³-hybridized carbons (Fsp3) is 0.533. The van der Waals surface area contributed by atoms with Gasteiger partial charge in [-0.05, 0) is 49.2 Å². The van der Waals surface area contributed by atoms with Gasteiger partial charge in [0.15, 0.2) is 0 Å². The van der Waals surface area contributed by atoms with Crippen LogP contribution in [0, 0.1) is 10.8 Å². The van der Waals surface area contributed by atoms with Crippen molar-refractivity contribution in [3.05, 3.63) is 59.8 Å². The average molecular weight is 517 g/mol. The van der Waals surface area contributed by atoms with E-state index < -0.39 is 0 Å². The van der Waals surface area contributed by atoms with Gasteiger partial charge in [-0.15, -0.1) is 0 Å². The van der Waals surface area contributed by atoms with Crippen molar-refractivity contribution in [2.24, 2.45) is 10.8 Å². The van der Waals surface area contributed by atoms with Crippen LogP contribution in [0.4, 0.5) is 11.8 Å². The smallest absolute Gasteiger partial charge is 0.245 e. The third-order valence-electron chi connectivity index (χ3n) is 8.42. The summed E-state index contributed by atoms with van der Waals surface area (Å²) < 4.78 is 0. The molecule has 1 spiro atoms. The van der Waals surface area contributed by atoms with Gasteiger partial charge in [-0.1, -0.05) is 50.8 Å². The fourth-order valence-electron chi connectivity index (χ4n) is 6.20. The van der Waals surface area contributed by atoms with Crippen molar-refractivity contribution < 1.29 is 9.59 Å². The molecule has 0 bridgehead atoms. The first-order chi connectivity index (χ1) is 18.2. The number of aromatic nitrogens is 2. The molecule has 1 aromatic heterocycles. The van der Waals surface area contributed by atoms with Gasteiger partial charge in [-0.2, -0.15) is 4.98 Å². The highest BCUT2D eigenvalue weighted by Crippen LogP contribution is 2.42. The molecular formula is C30H40N6O2. The zero-order valence-corrected chi connectivity index (χ0v) is 22.9. The van der Waals surface area contributed by atoms with Gasteiger partial charge in [0.1, 0.15) is 5.82 Å². The molecule has 1 unspecified atom stereocenters. The highest BCUT2D eigenvalue weighted by atomic mass is 16.2. The molecule has 2 aliphatic heterocycles. The highest BCUT2D eigenvalue weighted by Gasteiger charge is 2.49. The monoisotopic (exact) mass is 516 g/mol. The van der Waals surface area contributed by atoms with Crippen LogP contribution < -0.4 is 15.5 Å². The van der Waals surface area contributed by atoms with E-state index in [1.807, 2.05) is 23.1 Å². The summed E-state index contributed by atoms with van der Waals surface area (Å²) in [6, 6.07) is 10.2. The lowest BCUT2D eigenvalue weighted by Gasteiger charge is -2.47. The lowest BCUT2D eigenvalue weighted by Crippen LogP contribution is -2.59. The third kappa shape index (κ3) is 5.54. The van der Waals surface area contributed by atoms with Crippen LogP contribution in [0.25, 0.3) is 0 Å². The van der Waals surface area contributed by atoms with Gasteiger partial charge in [0.25, 0.3) is 0 Å². The number of amides is 2. The van der Waals surface area contributed by atoms with Crippen molar-refractivity contribution in [2.45, 2.75) is 58.4 Å². The minimum absolute atomic E-state index is 0.00723. The standard InChI is InChI=1S/C30H40N6O2/c1-5-26(38)36-19-30(20-36)13-14-35(18-30)28-33-24-17-29(2,3)12-11-23(24)27(34-28)32-22(16-25(37)31-4)15-21-9-7-6-8-10-21/h5-10,22H,1,11-20H2,2-4H3,(H,31,37)(H,32,33,34). The Kier molecular flexibility index (Phi) is 7.16. The Morgan fingerprint density at radius 1 is 1.13 bits per heavy atom. The van der Waals surface area contributed by atoms with Gasteiger partial charge in [0.05, 0.1) is 5.69 Å². The third-order valence-corrected chi connectivity index (χ3v) is 8.42. The molecule has 2 amide bonds. The number of likely N-dealkylation sites (tertiary alicyclic amines) is 1. The second-order valence-electron chi connectivity index (χ2n) is 12.1. The molecule has 1 aromatic carbocycles. The maximum absolute atomic E-state index is 12.4. The molecule has 3 heterocycles. The van der Waals surface area contributed by atoms with E-state index >= 15 is 0 Å². The number of carbonyl (C=O) groups is 2. The van der Waals surface area contributed by atoms with Crippen LogP contribution in [0.15, 0.2) is 43.0 Å². The predicted octanol–water partition coefficient (Wildman–Crippen LogP) is 3.38. The van der Waals surface area contributed by atoms with E-state index in [1.54, 1.807) is 7.05 Å². The summed E-state index contributed by atoms with van der Waals surface area (Å²) in [4.78, 5) is 38.8. The summed E-state index contributed by atoms with van der Waals surface area (Å²) in [5, 5.41) is 6.47. The first-order valence-corrected chi connectivity index (χ1v) is 13.8. The zero-order valence-electron chi connectivity index (χ0n) is 22.9. The Morgan fingerprint density at radius 3 is 2.61 bits per heavy atom. The number of hydrogen-bond donors (Lipinski definition) is 2. The lowest BCUT2D eigenvalue weighted by atomic mass is 9.76. The molecule has 8 nitrogen and oxygen atoms in total. The fourth-order valence-corrected chi connectivity index (χ4v) is 6.20. The number of nitrogens with one attached hydrogen (secondary N) is 2. The van der Waals surface area contributed by atoms with Crippen LogP contribution in [-0.2, 0) is 28.9 Å². The summed E-state index contributed by atoms with van der Waals surface area (Å²) >= 11 is 0. The second kappa shape index (κ2) is 10.4. The molecule has 8 heteroatoms. The van der Waals surface area contributed by atoms with Gasteiger partial charge in [-0.25, -0.2) is 4.98 Å². The maximum atomic E-state index is 12.4. The van der Waals surface area contributed by atoms with Gasteiger partial charge >= 0.3 is 0 Å². The number of nitrogens with zero attached hydrogens (tertiary/aromatic N) is 4. The van der Waals surface area contributed by atoms with E-state index in [0.29, 0.717) is 6.42 Å². The average Bonchev–Trinajstić information content (AvgIpc) is 3.33. The molecule has 202 valence electrons. The van der Waals surface area contributed by atoms with Crippen LogP contribution in [0.2, 0.25) is 0 Å². The number of anilines is 2. The van der Waals surface area contributed by atoms with Crippen molar-refractivity contribution in [1.82, 2.24) is 20.2 Å². The molecule has 5 rings (SSSR count). The summed E-state index contributed by atoms with van der Waals surface area (Å²) in [5.74, 6) is 1.64. The van der Waals surface area contributed by atoms with E-state index in [0.717, 1.165) is 75.7 Å².